The predicted molar refractivity (Wildman–Crippen MR) is 95.4 cm³/mol. The number of carbonyl (C=O) groups is 1. The van der Waals surface area contributed by atoms with Crippen LogP contribution in [-0.2, 0) is 4.79 Å². The number of hydrogen-bond acceptors (Lipinski definition) is 2. The Balaban J connectivity index is 1.67. The highest BCUT2D eigenvalue weighted by Crippen LogP contribution is 2.19. The molecule has 1 aliphatic rings. The highest BCUT2D eigenvalue weighted by atomic mass is 32.1. The molecule has 0 bridgehead atoms. The maximum atomic E-state index is 11.8. The second kappa shape index (κ2) is 9.15. The topological polar surface area (TPSA) is 41.1 Å². The van der Waals surface area contributed by atoms with Gasteiger partial charge in [-0.2, -0.15) is 0 Å². The minimum Gasteiger partial charge on any atom is -0.362 e. The van der Waals surface area contributed by atoms with E-state index in [0.717, 1.165) is 18.5 Å². The lowest BCUT2D eigenvalue weighted by molar-refractivity contribution is -0.115. The first-order valence-electron chi connectivity index (χ1n) is 7.74. The number of carbonyl (C=O) groups excluding carboxylic acids is 1. The van der Waals surface area contributed by atoms with Gasteiger partial charge in [-0.25, -0.2) is 0 Å². The predicted octanol–water partition coefficient (Wildman–Crippen LogP) is 3.58. The third-order valence-electron chi connectivity index (χ3n) is 3.58. The summed E-state index contributed by atoms with van der Waals surface area (Å²) in [6.07, 6.45) is 11.6. The molecule has 22 heavy (non-hydrogen) atoms. The summed E-state index contributed by atoms with van der Waals surface area (Å²) in [6, 6.07) is 9.70. The summed E-state index contributed by atoms with van der Waals surface area (Å²) in [6.45, 7) is 0.771. The lowest BCUT2D eigenvalue weighted by Gasteiger charge is -2.13. The van der Waals surface area contributed by atoms with Crippen molar-refractivity contribution in [2.45, 2.75) is 32.1 Å². The minimum atomic E-state index is -0.210. The molecule has 1 aromatic carbocycles. The summed E-state index contributed by atoms with van der Waals surface area (Å²) in [5, 5.41) is 6.13. The number of amides is 1. The zero-order valence-corrected chi connectivity index (χ0v) is 13.5. The van der Waals surface area contributed by atoms with Crippen molar-refractivity contribution in [3.05, 3.63) is 53.6 Å². The second-order valence-corrected chi connectivity index (χ2v) is 5.76. The Morgan fingerprint density at radius 2 is 2.05 bits per heavy atom. The number of thiocarbonyl (C=S) groups is 1. The molecule has 0 aliphatic heterocycles. The van der Waals surface area contributed by atoms with E-state index in [1.54, 1.807) is 6.08 Å². The Bertz CT molecular complexity index is 564. The molecule has 116 valence electrons. The van der Waals surface area contributed by atoms with Crippen molar-refractivity contribution in [3.8, 4) is 0 Å². The summed E-state index contributed by atoms with van der Waals surface area (Å²) in [5.41, 5.74) is 2.48. The monoisotopic (exact) mass is 314 g/mol. The third-order valence-corrected chi connectivity index (χ3v) is 3.83. The fourth-order valence-electron chi connectivity index (χ4n) is 2.40. The Morgan fingerprint density at radius 3 is 2.77 bits per heavy atom. The summed E-state index contributed by atoms with van der Waals surface area (Å²) in [5.74, 6) is -0.210. The summed E-state index contributed by atoms with van der Waals surface area (Å²) < 4.78 is 0. The Morgan fingerprint density at radius 1 is 1.23 bits per heavy atom. The first-order chi connectivity index (χ1) is 10.7. The SMILES string of the molecule is O=C(/C=C/c1ccccc1)NC(=S)NCCC1=CCCCC1. The van der Waals surface area contributed by atoms with Crippen LogP contribution in [0.25, 0.3) is 6.08 Å². The van der Waals surface area contributed by atoms with Crippen LogP contribution in [0.1, 0.15) is 37.7 Å². The maximum Gasteiger partial charge on any atom is 0.250 e. The fraction of sp³-hybridized carbons (Fsp3) is 0.333. The zero-order valence-electron chi connectivity index (χ0n) is 12.7. The Labute approximate surface area is 137 Å². The maximum absolute atomic E-state index is 11.8. The van der Waals surface area contributed by atoms with Crippen LogP contribution < -0.4 is 10.6 Å². The molecular weight excluding hydrogens is 292 g/mol. The lowest BCUT2D eigenvalue weighted by atomic mass is 9.97. The molecule has 4 heteroatoms. The highest BCUT2D eigenvalue weighted by molar-refractivity contribution is 7.80. The molecule has 0 unspecified atom stereocenters. The van der Waals surface area contributed by atoms with E-state index in [-0.39, 0.29) is 5.91 Å². The van der Waals surface area contributed by atoms with Crippen LogP contribution in [0.2, 0.25) is 0 Å². The average Bonchev–Trinajstić information content (AvgIpc) is 2.55. The molecule has 0 atom stereocenters. The van der Waals surface area contributed by atoms with E-state index in [9.17, 15) is 4.79 Å². The van der Waals surface area contributed by atoms with Gasteiger partial charge in [0, 0.05) is 12.6 Å². The summed E-state index contributed by atoms with van der Waals surface area (Å²) >= 11 is 5.13. The summed E-state index contributed by atoms with van der Waals surface area (Å²) in [7, 11) is 0. The molecule has 0 saturated heterocycles. The molecule has 1 aliphatic carbocycles. The van der Waals surface area contributed by atoms with Crippen LogP contribution in [0.3, 0.4) is 0 Å². The van der Waals surface area contributed by atoms with Crippen molar-refractivity contribution < 1.29 is 4.79 Å². The third kappa shape index (κ3) is 6.22. The van der Waals surface area contributed by atoms with E-state index in [4.69, 9.17) is 12.2 Å². The smallest absolute Gasteiger partial charge is 0.250 e. The zero-order chi connectivity index (χ0) is 15.6. The van der Waals surface area contributed by atoms with E-state index < -0.39 is 0 Å². The van der Waals surface area contributed by atoms with Gasteiger partial charge in [0.15, 0.2) is 5.11 Å². The highest BCUT2D eigenvalue weighted by Gasteiger charge is 2.04. The first kappa shape index (κ1) is 16.4. The second-order valence-electron chi connectivity index (χ2n) is 5.35. The van der Waals surface area contributed by atoms with Crippen LogP contribution in [-0.4, -0.2) is 17.6 Å². The van der Waals surface area contributed by atoms with Gasteiger partial charge in [0.2, 0.25) is 5.91 Å². The molecule has 0 aromatic heterocycles. The fourth-order valence-corrected chi connectivity index (χ4v) is 2.60. The van der Waals surface area contributed by atoms with E-state index in [0.29, 0.717) is 5.11 Å². The van der Waals surface area contributed by atoms with Crippen molar-refractivity contribution in [1.29, 1.82) is 0 Å². The standard InChI is InChI=1S/C18H22N2OS/c21-17(12-11-15-7-3-1-4-8-15)20-18(22)19-14-13-16-9-5-2-6-10-16/h1,3-4,7-9,11-12H,2,5-6,10,13-14H2,(H2,19,20,21,22)/b12-11+. The largest absolute Gasteiger partial charge is 0.362 e. The quantitative estimate of drug-likeness (QED) is 0.496. The van der Waals surface area contributed by atoms with E-state index in [2.05, 4.69) is 16.7 Å². The van der Waals surface area contributed by atoms with Crippen LogP contribution in [0.5, 0.6) is 0 Å². The minimum absolute atomic E-state index is 0.210. The molecule has 0 spiro atoms. The molecule has 0 radical (unpaired) electrons. The van der Waals surface area contributed by atoms with E-state index in [1.165, 1.54) is 37.3 Å². The Hall–Kier alpha value is -1.94. The lowest BCUT2D eigenvalue weighted by Crippen LogP contribution is -2.38. The molecule has 2 N–H and O–H groups in total. The first-order valence-corrected chi connectivity index (χ1v) is 8.15. The van der Waals surface area contributed by atoms with Gasteiger partial charge >= 0.3 is 0 Å². The molecule has 1 aromatic rings. The van der Waals surface area contributed by atoms with Gasteiger partial charge in [-0.15, -0.1) is 0 Å². The van der Waals surface area contributed by atoms with Crippen LogP contribution in [0, 0.1) is 0 Å². The van der Waals surface area contributed by atoms with Gasteiger partial charge in [0.05, 0.1) is 0 Å². The number of nitrogens with one attached hydrogen (secondary N) is 2. The van der Waals surface area contributed by atoms with Gasteiger partial charge in [-0.05, 0) is 56.0 Å². The number of hydrogen-bond donors (Lipinski definition) is 2. The normalized spacial score (nSPS) is 14.5. The van der Waals surface area contributed by atoms with Gasteiger partial charge < -0.3 is 5.32 Å². The molecule has 0 saturated carbocycles. The van der Waals surface area contributed by atoms with E-state index >= 15 is 0 Å². The van der Waals surface area contributed by atoms with Gasteiger partial charge in [0.25, 0.3) is 0 Å². The number of benzene rings is 1. The van der Waals surface area contributed by atoms with Gasteiger partial charge in [-0.1, -0.05) is 42.0 Å². The van der Waals surface area contributed by atoms with Gasteiger partial charge in [-0.3, -0.25) is 10.1 Å². The van der Waals surface area contributed by atoms with Crippen molar-refractivity contribution in [2.24, 2.45) is 0 Å². The number of rotatable bonds is 5. The van der Waals surface area contributed by atoms with Crippen molar-refractivity contribution in [2.75, 3.05) is 6.54 Å². The van der Waals surface area contributed by atoms with Crippen LogP contribution in [0.15, 0.2) is 48.1 Å². The number of allylic oxidation sites excluding steroid dienone is 1. The van der Waals surface area contributed by atoms with Crippen molar-refractivity contribution in [3.63, 3.8) is 0 Å². The average molecular weight is 314 g/mol. The molecule has 0 fully saturated rings. The molecule has 0 heterocycles. The summed E-state index contributed by atoms with van der Waals surface area (Å²) in [4.78, 5) is 11.8. The van der Waals surface area contributed by atoms with Crippen LogP contribution in [0.4, 0.5) is 0 Å². The molecule has 1 amide bonds. The Kier molecular flexibility index (Phi) is 6.84. The molecule has 2 rings (SSSR count). The van der Waals surface area contributed by atoms with Crippen molar-refractivity contribution in [1.82, 2.24) is 10.6 Å². The van der Waals surface area contributed by atoms with Crippen LogP contribution >= 0.6 is 12.2 Å². The molecular formula is C18H22N2OS. The van der Waals surface area contributed by atoms with Crippen molar-refractivity contribution >= 4 is 29.3 Å². The van der Waals surface area contributed by atoms with Gasteiger partial charge in [0.1, 0.15) is 0 Å². The molecule has 3 nitrogen and oxygen atoms in total. The van der Waals surface area contributed by atoms with E-state index in [1.807, 2.05) is 30.3 Å².